The zero-order valence-electron chi connectivity index (χ0n) is 28.5. The lowest BCUT2D eigenvalue weighted by atomic mass is 9.90. The molecule has 0 aliphatic heterocycles. The highest BCUT2D eigenvalue weighted by atomic mass is 32.2. The molecule has 7 atom stereocenters. The van der Waals surface area contributed by atoms with Crippen molar-refractivity contribution < 1.29 is 42.5 Å². The van der Waals surface area contributed by atoms with E-state index in [4.69, 9.17) is 4.74 Å². The second kappa shape index (κ2) is 18.0. The minimum atomic E-state index is -3.50. The Hall–Kier alpha value is -2.45. The van der Waals surface area contributed by atoms with E-state index in [0.717, 1.165) is 19.1 Å². The third-order valence-electron chi connectivity index (χ3n) is 7.65. The summed E-state index contributed by atoms with van der Waals surface area (Å²) in [6, 6.07) is -3.50. The van der Waals surface area contributed by atoms with E-state index in [2.05, 4.69) is 21.3 Å². The summed E-state index contributed by atoms with van der Waals surface area (Å²) in [6.45, 7) is 13.9. The summed E-state index contributed by atoms with van der Waals surface area (Å²) < 4.78 is 29.2. The average Bonchev–Trinajstić information content (AvgIpc) is 2.88. The molecule has 45 heavy (non-hydrogen) atoms. The number of amides is 4. The Morgan fingerprint density at radius 2 is 1.49 bits per heavy atom. The maximum atomic E-state index is 13.6. The molecule has 4 amide bonds. The SMILES string of the molecule is CC(C)C[C@H](NC(=O)[C@H](CCS(C)(=O)=O)NC(=O)[C@@H](NC(=O)OC(C)(C)C)C(C)C)[C@@H](O)C[C@@H](C)C(=O)N[C@@H]1CCCC[C@H]1O. The van der Waals surface area contributed by atoms with E-state index in [9.17, 15) is 37.8 Å². The molecule has 0 radical (unpaired) electrons. The first kappa shape index (κ1) is 40.6. The summed E-state index contributed by atoms with van der Waals surface area (Å²) in [5.41, 5.74) is -0.804. The fourth-order valence-corrected chi connectivity index (χ4v) is 5.84. The zero-order valence-corrected chi connectivity index (χ0v) is 29.3. The van der Waals surface area contributed by atoms with Gasteiger partial charge in [0.1, 0.15) is 27.5 Å². The summed E-state index contributed by atoms with van der Waals surface area (Å²) in [6.07, 6.45) is 1.73. The van der Waals surface area contributed by atoms with Crippen molar-refractivity contribution in [1.82, 2.24) is 21.3 Å². The van der Waals surface area contributed by atoms with Crippen LogP contribution in [0.3, 0.4) is 0 Å². The lowest BCUT2D eigenvalue weighted by molar-refractivity contribution is -0.131. The highest BCUT2D eigenvalue weighted by Gasteiger charge is 2.34. The van der Waals surface area contributed by atoms with E-state index >= 15 is 0 Å². The zero-order chi connectivity index (χ0) is 34.7. The van der Waals surface area contributed by atoms with Gasteiger partial charge in [0.25, 0.3) is 0 Å². The van der Waals surface area contributed by atoms with Gasteiger partial charge in [0.05, 0.1) is 30.0 Å². The molecule has 0 saturated heterocycles. The minimum Gasteiger partial charge on any atom is -0.444 e. The third-order valence-corrected chi connectivity index (χ3v) is 8.63. The standard InChI is InChI=1S/C31H58N4O9S/c1-18(2)16-23(25(37)17-20(5)27(38)32-21-12-10-11-13-24(21)36)34-28(39)22(14-15-45(9,42)43)33-29(40)26(19(3)4)35-30(41)44-31(6,7)8/h18-26,36-37H,10-17H2,1-9H3,(H,32,38)(H,33,40)(H,34,39)(H,35,41)/t20-,21-,22+,23+,24-,25+,26+/m1/s1. The predicted octanol–water partition coefficient (Wildman–Crippen LogP) is 1.79. The molecule has 0 spiro atoms. The number of carbonyl (C=O) groups is 4. The van der Waals surface area contributed by atoms with E-state index in [1.54, 1.807) is 41.5 Å². The molecule has 0 aromatic carbocycles. The average molecular weight is 663 g/mol. The van der Waals surface area contributed by atoms with Gasteiger partial charge < -0.3 is 36.2 Å². The number of rotatable bonds is 16. The Kier molecular flexibility index (Phi) is 16.3. The Morgan fingerprint density at radius 3 is 2.00 bits per heavy atom. The molecule has 1 saturated carbocycles. The van der Waals surface area contributed by atoms with Gasteiger partial charge in [0.2, 0.25) is 17.7 Å². The molecule has 0 aromatic heterocycles. The van der Waals surface area contributed by atoms with Crippen LogP contribution in [0, 0.1) is 17.8 Å². The van der Waals surface area contributed by atoms with Crippen molar-refractivity contribution in [3.05, 3.63) is 0 Å². The minimum absolute atomic E-state index is 0.0297. The van der Waals surface area contributed by atoms with Crippen molar-refractivity contribution in [1.29, 1.82) is 0 Å². The molecule has 0 bridgehead atoms. The molecule has 0 heterocycles. The molecule has 1 rings (SSSR count). The van der Waals surface area contributed by atoms with E-state index < -0.39 is 81.3 Å². The van der Waals surface area contributed by atoms with Crippen molar-refractivity contribution >= 4 is 33.7 Å². The van der Waals surface area contributed by atoms with Gasteiger partial charge in [-0.3, -0.25) is 14.4 Å². The number of sulfone groups is 1. The third kappa shape index (κ3) is 16.1. The van der Waals surface area contributed by atoms with Crippen LogP contribution in [0.25, 0.3) is 0 Å². The van der Waals surface area contributed by atoms with Crippen LogP contribution >= 0.6 is 0 Å². The molecule has 14 heteroatoms. The maximum Gasteiger partial charge on any atom is 0.408 e. The molecule has 6 N–H and O–H groups in total. The molecular weight excluding hydrogens is 604 g/mol. The van der Waals surface area contributed by atoms with Crippen molar-refractivity contribution in [2.24, 2.45) is 17.8 Å². The molecule has 1 aliphatic carbocycles. The largest absolute Gasteiger partial charge is 0.444 e. The number of aliphatic hydroxyl groups is 2. The number of carbonyl (C=O) groups excluding carboxylic acids is 4. The second-order valence-electron chi connectivity index (χ2n) is 14.3. The van der Waals surface area contributed by atoms with Crippen molar-refractivity contribution in [3.8, 4) is 0 Å². The van der Waals surface area contributed by atoms with Crippen molar-refractivity contribution in [2.45, 2.75) is 142 Å². The van der Waals surface area contributed by atoms with Gasteiger partial charge >= 0.3 is 6.09 Å². The lowest BCUT2D eigenvalue weighted by Gasteiger charge is -2.32. The van der Waals surface area contributed by atoms with Crippen LogP contribution in [0.4, 0.5) is 4.79 Å². The molecule has 0 aromatic rings. The number of alkyl carbamates (subject to hydrolysis) is 1. The first-order valence-electron chi connectivity index (χ1n) is 16.0. The number of nitrogens with one attached hydrogen (secondary N) is 4. The van der Waals surface area contributed by atoms with Crippen LogP contribution < -0.4 is 21.3 Å². The first-order valence-corrected chi connectivity index (χ1v) is 18.1. The number of ether oxygens (including phenoxy) is 1. The summed E-state index contributed by atoms with van der Waals surface area (Å²) in [7, 11) is -3.50. The van der Waals surface area contributed by atoms with Gasteiger partial charge in [0, 0.05) is 12.2 Å². The molecular formula is C31H58N4O9S. The van der Waals surface area contributed by atoms with E-state index in [1.165, 1.54) is 0 Å². The summed E-state index contributed by atoms with van der Waals surface area (Å²) in [5.74, 6) is -3.05. The number of hydrogen-bond acceptors (Lipinski definition) is 9. The molecule has 0 unspecified atom stereocenters. The van der Waals surface area contributed by atoms with Gasteiger partial charge in [-0.15, -0.1) is 0 Å². The van der Waals surface area contributed by atoms with Gasteiger partial charge in [-0.05, 0) is 64.7 Å². The Balaban J connectivity index is 3.08. The predicted molar refractivity (Wildman–Crippen MR) is 172 cm³/mol. The van der Waals surface area contributed by atoms with Crippen LogP contribution in [-0.2, 0) is 29.0 Å². The second-order valence-corrected chi connectivity index (χ2v) is 16.5. The molecule has 13 nitrogen and oxygen atoms in total. The summed E-state index contributed by atoms with van der Waals surface area (Å²) >= 11 is 0. The van der Waals surface area contributed by atoms with Crippen LogP contribution in [0.5, 0.6) is 0 Å². The van der Waals surface area contributed by atoms with E-state index in [0.29, 0.717) is 19.3 Å². The lowest BCUT2D eigenvalue weighted by Crippen LogP contribution is -2.58. The molecule has 262 valence electrons. The fourth-order valence-electron chi connectivity index (χ4n) is 5.17. The first-order chi connectivity index (χ1) is 20.6. The van der Waals surface area contributed by atoms with Crippen molar-refractivity contribution in [3.63, 3.8) is 0 Å². The quantitative estimate of drug-likeness (QED) is 0.143. The van der Waals surface area contributed by atoms with Crippen LogP contribution in [0.2, 0.25) is 0 Å². The van der Waals surface area contributed by atoms with Gasteiger partial charge in [-0.1, -0.05) is 47.5 Å². The molecule has 1 fully saturated rings. The fraction of sp³-hybridized carbons (Fsp3) is 0.871. The Bertz CT molecular complexity index is 1090. The Labute approximate surface area is 269 Å². The van der Waals surface area contributed by atoms with Gasteiger partial charge in [-0.2, -0.15) is 0 Å². The van der Waals surface area contributed by atoms with Gasteiger partial charge in [-0.25, -0.2) is 13.2 Å². The van der Waals surface area contributed by atoms with Crippen molar-refractivity contribution in [2.75, 3.05) is 12.0 Å². The number of hydrogen-bond donors (Lipinski definition) is 6. The van der Waals surface area contributed by atoms with Crippen LogP contribution in [-0.4, -0.2) is 96.4 Å². The highest BCUT2D eigenvalue weighted by Crippen LogP contribution is 2.21. The monoisotopic (exact) mass is 662 g/mol. The van der Waals surface area contributed by atoms with Gasteiger partial charge in [0.15, 0.2) is 0 Å². The van der Waals surface area contributed by atoms with E-state index in [-0.39, 0.29) is 30.7 Å². The topological polar surface area (TPSA) is 200 Å². The van der Waals surface area contributed by atoms with E-state index in [1.807, 2.05) is 13.8 Å². The smallest absolute Gasteiger partial charge is 0.408 e. The Morgan fingerprint density at radius 1 is 0.889 bits per heavy atom. The normalized spacial score (nSPS) is 20.8. The maximum absolute atomic E-state index is 13.6. The van der Waals surface area contributed by atoms with Crippen LogP contribution in [0.15, 0.2) is 0 Å². The molecule has 1 aliphatic rings. The highest BCUT2D eigenvalue weighted by molar-refractivity contribution is 7.90. The number of aliphatic hydroxyl groups excluding tert-OH is 2. The van der Waals surface area contributed by atoms with Crippen LogP contribution in [0.1, 0.15) is 100 Å². The summed E-state index contributed by atoms with van der Waals surface area (Å²) in [5, 5.41) is 32.2. The summed E-state index contributed by atoms with van der Waals surface area (Å²) in [4.78, 5) is 52.1.